The lowest BCUT2D eigenvalue weighted by Crippen LogP contribution is -2.46. The van der Waals surface area contributed by atoms with Gasteiger partial charge in [0.15, 0.2) is 0 Å². The number of alkyl halides is 3. The highest BCUT2D eigenvalue weighted by Gasteiger charge is 2.30. The van der Waals surface area contributed by atoms with Crippen molar-refractivity contribution in [1.82, 2.24) is 14.9 Å². The normalized spacial score (nSPS) is 14.6. The van der Waals surface area contributed by atoms with Gasteiger partial charge in [0.05, 0.1) is 11.3 Å². The van der Waals surface area contributed by atoms with Crippen molar-refractivity contribution in [1.29, 1.82) is 0 Å². The second kappa shape index (κ2) is 10.9. The third kappa shape index (κ3) is 6.14. The quantitative estimate of drug-likeness (QED) is 0.500. The number of benzene rings is 2. The Labute approximate surface area is 216 Å². The van der Waals surface area contributed by atoms with E-state index in [2.05, 4.69) is 5.32 Å². The van der Waals surface area contributed by atoms with Gasteiger partial charge in [0.1, 0.15) is 18.2 Å². The Morgan fingerprint density at radius 3 is 2.41 bits per heavy atom. The van der Waals surface area contributed by atoms with E-state index in [4.69, 9.17) is 21.3 Å². The number of nitrogens with zero attached hydrogens (tertiary/aromatic N) is 3. The number of aromatic nitrogens is 2. The summed E-state index contributed by atoms with van der Waals surface area (Å²) >= 11 is 6.13. The second-order valence-electron chi connectivity index (χ2n) is 8.88. The van der Waals surface area contributed by atoms with E-state index in [-0.39, 0.29) is 24.2 Å². The maximum absolute atomic E-state index is 13.4. The lowest BCUT2D eigenvalue weighted by atomic mass is 10.0. The van der Waals surface area contributed by atoms with Crippen LogP contribution >= 0.6 is 11.6 Å². The minimum Gasteiger partial charge on any atom is -0.375 e. The molecule has 1 N–H and O–H groups in total. The number of ether oxygens (including phenoxy) is 1. The van der Waals surface area contributed by atoms with Crippen LogP contribution in [0, 0.1) is 6.92 Å². The number of hydrogen-bond acceptors (Lipinski definition) is 5. The molecule has 11 heteroatoms. The molecule has 196 valence electrons. The van der Waals surface area contributed by atoms with Crippen LogP contribution in [0.15, 0.2) is 53.3 Å². The van der Waals surface area contributed by atoms with Crippen molar-refractivity contribution in [3.63, 3.8) is 0 Å². The van der Waals surface area contributed by atoms with Crippen molar-refractivity contribution in [2.75, 3.05) is 31.7 Å². The van der Waals surface area contributed by atoms with Crippen molar-refractivity contribution < 1.29 is 22.7 Å². The van der Waals surface area contributed by atoms with E-state index in [1.807, 2.05) is 11.8 Å². The smallest absolute Gasteiger partial charge is 0.375 e. The molecule has 1 fully saturated rings. The third-order valence-corrected chi connectivity index (χ3v) is 6.48. The summed E-state index contributed by atoms with van der Waals surface area (Å²) in [7, 11) is 1.46. The van der Waals surface area contributed by atoms with Crippen LogP contribution < -0.4 is 15.8 Å². The van der Waals surface area contributed by atoms with Gasteiger partial charge in [-0.05, 0) is 67.8 Å². The molecule has 1 aliphatic heterocycles. The minimum atomic E-state index is -4.49. The number of carbonyl (C=O) groups is 1. The molecule has 2 aromatic carbocycles. The monoisotopic (exact) mass is 534 g/mol. The minimum absolute atomic E-state index is 0.00620. The summed E-state index contributed by atoms with van der Waals surface area (Å²) in [4.78, 5) is 32.0. The van der Waals surface area contributed by atoms with E-state index in [0.29, 0.717) is 48.2 Å². The Balaban J connectivity index is 1.71. The largest absolute Gasteiger partial charge is 0.416 e. The van der Waals surface area contributed by atoms with Gasteiger partial charge in [-0.2, -0.15) is 13.2 Å². The first-order valence-electron chi connectivity index (χ1n) is 11.7. The molecule has 0 saturated carbocycles. The molecule has 1 aliphatic rings. The molecule has 2 heterocycles. The van der Waals surface area contributed by atoms with Crippen LogP contribution in [0.5, 0.6) is 0 Å². The van der Waals surface area contributed by atoms with E-state index in [1.54, 1.807) is 18.2 Å². The Morgan fingerprint density at radius 1 is 1.14 bits per heavy atom. The first-order valence-corrected chi connectivity index (χ1v) is 12.1. The zero-order valence-corrected chi connectivity index (χ0v) is 21.1. The molecule has 37 heavy (non-hydrogen) atoms. The van der Waals surface area contributed by atoms with E-state index < -0.39 is 17.3 Å². The predicted octanol–water partition coefficient (Wildman–Crippen LogP) is 4.61. The van der Waals surface area contributed by atoms with Gasteiger partial charge in [0.2, 0.25) is 5.91 Å². The molecule has 3 aromatic rings. The number of piperidine rings is 1. The van der Waals surface area contributed by atoms with E-state index in [9.17, 15) is 22.8 Å². The van der Waals surface area contributed by atoms with Gasteiger partial charge in [-0.1, -0.05) is 11.6 Å². The Hall–Kier alpha value is -3.37. The average Bonchev–Trinajstić information content (AvgIpc) is 2.84. The standard InChI is InChI=1S/C26H26ClF3N4O3/c1-16-13-18(27)5-8-21(16)25-32-22(33-11-9-19(10-12-33)31-23(35)15-37-2)14-24(36)34(25)20-6-3-17(4-7-20)26(28,29)30/h3-8,13-14,19H,9-12,15H2,1-2H3,(H,31,35). The molecule has 7 nitrogen and oxygen atoms in total. The van der Waals surface area contributed by atoms with Crippen molar-refractivity contribution in [2.45, 2.75) is 32.0 Å². The summed E-state index contributed by atoms with van der Waals surface area (Å²) in [5.41, 5.74) is 0.422. The highest BCUT2D eigenvalue weighted by molar-refractivity contribution is 6.30. The van der Waals surface area contributed by atoms with E-state index in [1.165, 1.54) is 29.9 Å². The number of anilines is 1. The summed E-state index contributed by atoms with van der Waals surface area (Å²) in [5.74, 6) is 0.574. The summed E-state index contributed by atoms with van der Waals surface area (Å²) in [6.07, 6.45) is -3.17. The second-order valence-corrected chi connectivity index (χ2v) is 9.31. The number of hydrogen-bond donors (Lipinski definition) is 1. The maximum atomic E-state index is 13.4. The fourth-order valence-electron chi connectivity index (χ4n) is 4.39. The number of aryl methyl sites for hydroxylation is 1. The number of methoxy groups -OCH3 is 1. The lowest BCUT2D eigenvalue weighted by Gasteiger charge is -2.33. The molecule has 4 rings (SSSR count). The molecular weight excluding hydrogens is 509 g/mol. The molecule has 1 saturated heterocycles. The topological polar surface area (TPSA) is 76.5 Å². The lowest BCUT2D eigenvalue weighted by molar-refractivity contribution is -0.137. The van der Waals surface area contributed by atoms with Gasteiger partial charge in [-0.15, -0.1) is 0 Å². The van der Waals surface area contributed by atoms with Crippen LogP contribution in [0.25, 0.3) is 17.1 Å². The van der Waals surface area contributed by atoms with Crippen LogP contribution in [-0.2, 0) is 15.7 Å². The number of rotatable bonds is 6. The predicted molar refractivity (Wildman–Crippen MR) is 135 cm³/mol. The van der Waals surface area contributed by atoms with E-state index in [0.717, 1.165) is 17.7 Å². The number of amides is 1. The molecular formula is C26H26ClF3N4O3. The molecule has 0 atom stereocenters. The van der Waals surface area contributed by atoms with Crippen molar-refractivity contribution >= 4 is 23.3 Å². The highest BCUT2D eigenvalue weighted by Crippen LogP contribution is 2.31. The van der Waals surface area contributed by atoms with Gasteiger partial charge in [0, 0.05) is 42.9 Å². The highest BCUT2D eigenvalue weighted by atomic mass is 35.5. The van der Waals surface area contributed by atoms with Crippen LogP contribution in [0.4, 0.5) is 19.0 Å². The summed E-state index contributed by atoms with van der Waals surface area (Å²) in [6, 6.07) is 10.9. The molecule has 1 amide bonds. The fourth-order valence-corrected chi connectivity index (χ4v) is 4.62. The number of halogens is 4. The van der Waals surface area contributed by atoms with Gasteiger partial charge in [0.25, 0.3) is 5.56 Å². The van der Waals surface area contributed by atoms with Gasteiger partial charge < -0.3 is 15.0 Å². The number of nitrogens with one attached hydrogen (secondary N) is 1. The van der Waals surface area contributed by atoms with Crippen LogP contribution in [0.3, 0.4) is 0 Å². The first kappa shape index (κ1) is 26.7. The first-order chi connectivity index (χ1) is 17.6. The summed E-state index contributed by atoms with van der Waals surface area (Å²) < 4.78 is 45.5. The van der Waals surface area contributed by atoms with Crippen LogP contribution in [-0.4, -0.2) is 48.3 Å². The molecule has 0 bridgehead atoms. The average molecular weight is 535 g/mol. The Kier molecular flexibility index (Phi) is 7.89. The summed E-state index contributed by atoms with van der Waals surface area (Å²) in [6.45, 7) is 2.94. The van der Waals surface area contributed by atoms with Crippen molar-refractivity contribution in [2.24, 2.45) is 0 Å². The van der Waals surface area contributed by atoms with Gasteiger partial charge >= 0.3 is 6.18 Å². The van der Waals surface area contributed by atoms with Gasteiger partial charge in [-0.25, -0.2) is 4.98 Å². The van der Waals surface area contributed by atoms with E-state index >= 15 is 0 Å². The number of carbonyl (C=O) groups excluding carboxylic acids is 1. The molecule has 0 radical (unpaired) electrons. The summed E-state index contributed by atoms with van der Waals surface area (Å²) in [5, 5.41) is 3.44. The SMILES string of the molecule is COCC(=O)NC1CCN(c2cc(=O)n(-c3ccc(C(F)(F)F)cc3)c(-c3ccc(Cl)cc3C)n2)CC1. The molecule has 0 unspecified atom stereocenters. The van der Waals surface area contributed by atoms with Crippen molar-refractivity contribution in [3.05, 3.63) is 75.0 Å². The van der Waals surface area contributed by atoms with Crippen LogP contribution in [0.1, 0.15) is 24.0 Å². The Bertz CT molecular complexity index is 1330. The Morgan fingerprint density at radius 2 is 1.81 bits per heavy atom. The zero-order chi connectivity index (χ0) is 26.7. The van der Waals surface area contributed by atoms with Crippen LogP contribution in [0.2, 0.25) is 5.02 Å². The molecule has 0 spiro atoms. The maximum Gasteiger partial charge on any atom is 0.416 e. The fraction of sp³-hybridized carbons (Fsp3) is 0.346. The molecule has 0 aliphatic carbocycles. The van der Waals surface area contributed by atoms with Gasteiger partial charge in [-0.3, -0.25) is 14.2 Å². The third-order valence-electron chi connectivity index (χ3n) is 6.25. The van der Waals surface area contributed by atoms with Crippen molar-refractivity contribution in [3.8, 4) is 17.1 Å². The zero-order valence-electron chi connectivity index (χ0n) is 20.3. The molecule has 1 aromatic heterocycles.